The summed E-state index contributed by atoms with van der Waals surface area (Å²) in [4.78, 5) is 56.6. The number of amides is 4. The molecule has 1 aliphatic rings. The van der Waals surface area contributed by atoms with Crippen molar-refractivity contribution in [2.75, 3.05) is 11.4 Å². The number of hydrogen-bond donors (Lipinski definition) is 1. The molecule has 2 aromatic carbocycles. The Morgan fingerprint density at radius 2 is 1.74 bits per heavy atom. The van der Waals surface area contributed by atoms with Gasteiger partial charge in [-0.05, 0) is 24.6 Å². The van der Waals surface area contributed by atoms with Crippen molar-refractivity contribution < 1.29 is 23.9 Å². The molecule has 1 saturated heterocycles. The zero-order valence-corrected chi connectivity index (χ0v) is 19.4. The maximum Gasteiger partial charge on any atom is 0.326 e. The zero-order chi connectivity index (χ0) is 24.3. The maximum atomic E-state index is 12.9. The lowest BCUT2D eigenvalue weighted by molar-refractivity contribution is -0.148. The number of carbonyl (C=O) groups is 4. The lowest BCUT2D eigenvalue weighted by Gasteiger charge is -2.21. The van der Waals surface area contributed by atoms with Crippen LogP contribution in [0.1, 0.15) is 25.1 Å². The summed E-state index contributed by atoms with van der Waals surface area (Å²) in [6.07, 6.45) is 0. The average molecular weight is 479 g/mol. The molecule has 0 saturated carbocycles. The number of hydrogen-bond acceptors (Lipinski definition) is 7. The number of benzene rings is 2. The summed E-state index contributed by atoms with van der Waals surface area (Å²) in [5.74, 6) is -1.48. The molecular formula is C24H22N4O5S. The van der Waals surface area contributed by atoms with Crippen LogP contribution in [0, 0.1) is 0 Å². The molecule has 0 aliphatic carbocycles. The van der Waals surface area contributed by atoms with E-state index >= 15 is 0 Å². The van der Waals surface area contributed by atoms with Gasteiger partial charge in [-0.25, -0.2) is 9.78 Å². The van der Waals surface area contributed by atoms with Crippen molar-refractivity contribution in [1.29, 1.82) is 0 Å². The number of anilines is 2. The number of urea groups is 1. The molecule has 1 atom stereocenters. The predicted octanol–water partition coefficient (Wildman–Crippen LogP) is 3.34. The van der Waals surface area contributed by atoms with E-state index in [0.717, 1.165) is 4.90 Å². The third-order valence-corrected chi connectivity index (χ3v) is 6.23. The normalized spacial score (nSPS) is 17.4. The van der Waals surface area contributed by atoms with E-state index in [0.29, 0.717) is 22.1 Å². The summed E-state index contributed by atoms with van der Waals surface area (Å²) in [7, 11) is 0. The second-order valence-corrected chi connectivity index (χ2v) is 8.62. The Labute approximate surface area is 200 Å². The molecule has 9 nitrogen and oxygen atoms in total. The fourth-order valence-corrected chi connectivity index (χ4v) is 4.48. The van der Waals surface area contributed by atoms with E-state index in [1.54, 1.807) is 48.7 Å². The molecule has 0 spiro atoms. The fraction of sp³-hybridized carbons (Fsp3) is 0.208. The van der Waals surface area contributed by atoms with Crippen LogP contribution in [0.5, 0.6) is 0 Å². The lowest BCUT2D eigenvalue weighted by atomic mass is 9.92. The molecule has 0 radical (unpaired) electrons. The highest BCUT2D eigenvalue weighted by molar-refractivity contribution is 7.14. The van der Waals surface area contributed by atoms with Crippen LogP contribution in [0.25, 0.3) is 0 Å². The monoisotopic (exact) mass is 478 g/mol. The molecular weight excluding hydrogens is 456 g/mol. The molecule has 1 fully saturated rings. The van der Waals surface area contributed by atoms with Crippen LogP contribution in [0.4, 0.5) is 15.6 Å². The van der Waals surface area contributed by atoms with E-state index in [-0.39, 0.29) is 12.5 Å². The molecule has 2 heterocycles. The molecule has 0 bridgehead atoms. The predicted molar refractivity (Wildman–Crippen MR) is 125 cm³/mol. The number of rotatable bonds is 7. The van der Waals surface area contributed by atoms with Crippen LogP contribution in [0.2, 0.25) is 0 Å². The minimum absolute atomic E-state index is 0.157. The van der Waals surface area contributed by atoms with Gasteiger partial charge in [-0.3, -0.25) is 24.2 Å². The quantitative estimate of drug-likeness (QED) is 0.412. The van der Waals surface area contributed by atoms with Crippen molar-refractivity contribution in [3.63, 3.8) is 0 Å². The van der Waals surface area contributed by atoms with Gasteiger partial charge in [-0.15, -0.1) is 11.3 Å². The minimum Gasteiger partial charge on any atom is -0.458 e. The Kier molecular flexibility index (Phi) is 6.42. The van der Waals surface area contributed by atoms with Crippen molar-refractivity contribution in [1.82, 2.24) is 15.2 Å². The van der Waals surface area contributed by atoms with Crippen molar-refractivity contribution in [3.05, 3.63) is 77.3 Å². The smallest absolute Gasteiger partial charge is 0.326 e. The van der Waals surface area contributed by atoms with Crippen LogP contribution < -0.4 is 10.2 Å². The molecule has 3 aromatic rings. The van der Waals surface area contributed by atoms with Gasteiger partial charge >= 0.3 is 12.0 Å². The molecule has 34 heavy (non-hydrogen) atoms. The van der Waals surface area contributed by atoms with Gasteiger partial charge in [-0.1, -0.05) is 48.5 Å². The third kappa shape index (κ3) is 4.53. The first-order chi connectivity index (χ1) is 16.3. The molecule has 1 unspecified atom stereocenters. The standard InChI is InChI=1S/C24H22N4O5S/c1-16(29)28(19-11-7-4-8-12-19)23-25-18(15-34-23)14-33-20(30)13-27-21(31)24(2,26-22(27)32)17-9-5-3-6-10-17/h3-12,15H,13-14H2,1-2H3,(H,26,32). The van der Waals surface area contributed by atoms with Gasteiger partial charge in [0.15, 0.2) is 5.13 Å². The van der Waals surface area contributed by atoms with E-state index in [1.807, 2.05) is 24.3 Å². The van der Waals surface area contributed by atoms with Crippen LogP contribution in [0.15, 0.2) is 66.0 Å². The summed E-state index contributed by atoms with van der Waals surface area (Å²) in [5, 5.41) is 4.77. The maximum absolute atomic E-state index is 12.9. The van der Waals surface area contributed by atoms with E-state index in [2.05, 4.69) is 10.3 Å². The summed E-state index contributed by atoms with van der Waals surface area (Å²) < 4.78 is 5.25. The topological polar surface area (TPSA) is 109 Å². The number of imide groups is 1. The summed E-state index contributed by atoms with van der Waals surface area (Å²) in [6, 6.07) is 17.2. The van der Waals surface area contributed by atoms with E-state index in [9.17, 15) is 19.2 Å². The number of nitrogens with zero attached hydrogens (tertiary/aromatic N) is 3. The summed E-state index contributed by atoms with van der Waals surface area (Å²) >= 11 is 1.24. The Balaban J connectivity index is 1.39. The molecule has 1 aromatic heterocycles. The third-order valence-electron chi connectivity index (χ3n) is 5.35. The largest absolute Gasteiger partial charge is 0.458 e. The highest BCUT2D eigenvalue weighted by atomic mass is 32.1. The van der Waals surface area contributed by atoms with Crippen molar-refractivity contribution in [3.8, 4) is 0 Å². The first kappa shape index (κ1) is 23.1. The van der Waals surface area contributed by atoms with Crippen LogP contribution in [-0.4, -0.2) is 40.2 Å². The fourth-order valence-electron chi connectivity index (χ4n) is 3.61. The lowest BCUT2D eigenvalue weighted by Crippen LogP contribution is -2.41. The number of ether oxygens (including phenoxy) is 1. The van der Waals surface area contributed by atoms with E-state index < -0.39 is 30.0 Å². The highest BCUT2D eigenvalue weighted by Gasteiger charge is 2.49. The molecule has 10 heteroatoms. The molecule has 1 N–H and O–H groups in total. The number of thiazole rings is 1. The van der Waals surface area contributed by atoms with E-state index in [4.69, 9.17) is 4.74 Å². The average Bonchev–Trinajstić information content (AvgIpc) is 3.37. The van der Waals surface area contributed by atoms with Gasteiger partial charge in [0.1, 0.15) is 18.7 Å². The Morgan fingerprint density at radius 1 is 1.09 bits per heavy atom. The molecule has 4 amide bonds. The van der Waals surface area contributed by atoms with Gasteiger partial charge in [-0.2, -0.15) is 0 Å². The Morgan fingerprint density at radius 3 is 2.38 bits per heavy atom. The van der Waals surface area contributed by atoms with Crippen LogP contribution in [-0.2, 0) is 31.3 Å². The minimum atomic E-state index is -1.25. The van der Waals surface area contributed by atoms with Crippen molar-refractivity contribution >= 4 is 46.0 Å². The van der Waals surface area contributed by atoms with Gasteiger partial charge < -0.3 is 10.1 Å². The molecule has 1 aliphatic heterocycles. The van der Waals surface area contributed by atoms with Gasteiger partial charge in [0, 0.05) is 12.3 Å². The van der Waals surface area contributed by atoms with Crippen LogP contribution in [0.3, 0.4) is 0 Å². The Bertz CT molecular complexity index is 1230. The number of nitrogens with one attached hydrogen (secondary N) is 1. The summed E-state index contributed by atoms with van der Waals surface area (Å²) in [6.45, 7) is 2.36. The van der Waals surface area contributed by atoms with Gasteiger partial charge in [0.2, 0.25) is 5.91 Å². The summed E-state index contributed by atoms with van der Waals surface area (Å²) in [5.41, 5.74) is 0.484. The Hall–Kier alpha value is -4.05. The van der Waals surface area contributed by atoms with Crippen molar-refractivity contribution in [2.45, 2.75) is 26.0 Å². The SMILES string of the molecule is CC(=O)N(c1ccccc1)c1nc(COC(=O)CN2C(=O)NC(C)(c3ccccc3)C2=O)cs1. The van der Waals surface area contributed by atoms with Crippen molar-refractivity contribution in [2.24, 2.45) is 0 Å². The van der Waals surface area contributed by atoms with E-state index in [1.165, 1.54) is 23.2 Å². The number of esters is 1. The first-order valence-corrected chi connectivity index (χ1v) is 11.3. The number of carbonyl (C=O) groups excluding carboxylic acids is 4. The highest BCUT2D eigenvalue weighted by Crippen LogP contribution is 2.30. The molecule has 4 rings (SSSR count). The first-order valence-electron chi connectivity index (χ1n) is 10.4. The van der Waals surface area contributed by atoms with Gasteiger partial charge in [0.25, 0.3) is 5.91 Å². The molecule has 174 valence electrons. The second kappa shape index (κ2) is 9.44. The van der Waals surface area contributed by atoms with Crippen LogP contribution >= 0.6 is 11.3 Å². The number of aromatic nitrogens is 1. The second-order valence-electron chi connectivity index (χ2n) is 7.78. The number of para-hydroxylation sites is 1. The van der Waals surface area contributed by atoms with Gasteiger partial charge in [0.05, 0.1) is 11.4 Å². The zero-order valence-electron chi connectivity index (χ0n) is 18.6.